The van der Waals surface area contributed by atoms with Crippen molar-refractivity contribution in [3.8, 4) is 0 Å². The molecular formula is C16H29NO5. The molecule has 0 unspecified atom stereocenters. The van der Waals surface area contributed by atoms with Crippen LogP contribution in [0.3, 0.4) is 0 Å². The van der Waals surface area contributed by atoms with E-state index in [4.69, 9.17) is 14.2 Å². The van der Waals surface area contributed by atoms with Gasteiger partial charge in [0.05, 0.1) is 25.2 Å². The number of esters is 1. The Morgan fingerprint density at radius 2 is 1.77 bits per heavy atom. The maximum Gasteiger partial charge on any atom is 0.412 e. The Labute approximate surface area is 133 Å². The monoisotopic (exact) mass is 315 g/mol. The number of carbonyl (C=O) groups is 2. The second-order valence-corrected chi connectivity index (χ2v) is 7.84. The molecule has 22 heavy (non-hydrogen) atoms. The average Bonchev–Trinajstić information content (AvgIpc) is 2.60. The van der Waals surface area contributed by atoms with Crippen molar-refractivity contribution >= 4 is 12.1 Å². The second kappa shape index (κ2) is 6.07. The Morgan fingerprint density at radius 3 is 2.23 bits per heavy atom. The molecule has 0 bridgehead atoms. The van der Waals surface area contributed by atoms with Crippen molar-refractivity contribution in [1.82, 2.24) is 4.90 Å². The molecule has 1 rings (SSSR count). The summed E-state index contributed by atoms with van der Waals surface area (Å²) < 4.78 is 16.1. The van der Waals surface area contributed by atoms with Crippen LogP contribution < -0.4 is 0 Å². The largest absolute Gasteiger partial charge is 0.469 e. The predicted octanol–water partition coefficient (Wildman–Crippen LogP) is 2.95. The van der Waals surface area contributed by atoms with Crippen LogP contribution in [0.25, 0.3) is 0 Å². The summed E-state index contributed by atoms with van der Waals surface area (Å²) in [6.45, 7) is 13.1. The number of methoxy groups -OCH3 is 1. The smallest absolute Gasteiger partial charge is 0.412 e. The molecule has 1 saturated heterocycles. The lowest BCUT2D eigenvalue weighted by molar-refractivity contribution is -0.152. The normalized spacial score (nSPS) is 21.6. The summed E-state index contributed by atoms with van der Waals surface area (Å²) in [5.74, 6) is -0.304. The first-order chi connectivity index (χ1) is 9.80. The highest BCUT2D eigenvalue weighted by Crippen LogP contribution is 2.36. The van der Waals surface area contributed by atoms with Gasteiger partial charge in [-0.2, -0.15) is 0 Å². The van der Waals surface area contributed by atoms with Crippen molar-refractivity contribution in [3.05, 3.63) is 0 Å². The number of amides is 1. The minimum Gasteiger partial charge on any atom is -0.469 e. The number of hydrogen-bond acceptors (Lipinski definition) is 5. The lowest BCUT2D eigenvalue weighted by atomic mass is 9.85. The van der Waals surface area contributed by atoms with Crippen molar-refractivity contribution in [3.63, 3.8) is 0 Å². The van der Waals surface area contributed by atoms with Gasteiger partial charge in [0.15, 0.2) is 0 Å². The van der Waals surface area contributed by atoms with Crippen LogP contribution in [0, 0.1) is 5.41 Å². The summed E-state index contributed by atoms with van der Waals surface area (Å²) in [6.07, 6.45) is 0.0168. The third kappa shape index (κ3) is 4.35. The fourth-order valence-electron chi connectivity index (χ4n) is 2.66. The van der Waals surface area contributed by atoms with Crippen LogP contribution in [0.15, 0.2) is 0 Å². The van der Waals surface area contributed by atoms with Gasteiger partial charge in [-0.1, -0.05) is 0 Å². The molecule has 1 heterocycles. The van der Waals surface area contributed by atoms with Gasteiger partial charge in [0, 0.05) is 0 Å². The van der Waals surface area contributed by atoms with E-state index in [-0.39, 0.29) is 12.0 Å². The minimum atomic E-state index is -0.765. The average molecular weight is 315 g/mol. The van der Waals surface area contributed by atoms with E-state index in [0.717, 1.165) is 0 Å². The Bertz CT molecular complexity index is 436. The predicted molar refractivity (Wildman–Crippen MR) is 82.3 cm³/mol. The van der Waals surface area contributed by atoms with Gasteiger partial charge < -0.3 is 14.2 Å². The third-order valence-corrected chi connectivity index (χ3v) is 3.65. The van der Waals surface area contributed by atoms with Gasteiger partial charge in [0.25, 0.3) is 0 Å². The van der Waals surface area contributed by atoms with Crippen LogP contribution in [0.1, 0.15) is 54.9 Å². The highest BCUT2D eigenvalue weighted by atomic mass is 16.6. The quantitative estimate of drug-likeness (QED) is 0.749. The molecule has 1 fully saturated rings. The maximum absolute atomic E-state index is 12.5. The first-order valence-corrected chi connectivity index (χ1v) is 7.55. The van der Waals surface area contributed by atoms with Crippen LogP contribution in [0.5, 0.6) is 0 Å². The molecule has 6 nitrogen and oxygen atoms in total. The minimum absolute atomic E-state index is 0.237. The molecule has 0 aliphatic carbocycles. The van der Waals surface area contributed by atoms with Crippen molar-refractivity contribution in [1.29, 1.82) is 0 Å². The lowest BCUT2D eigenvalue weighted by Crippen LogP contribution is -2.51. The van der Waals surface area contributed by atoms with E-state index in [2.05, 4.69) is 0 Å². The third-order valence-electron chi connectivity index (χ3n) is 3.65. The van der Waals surface area contributed by atoms with Crippen molar-refractivity contribution in [2.45, 2.75) is 72.3 Å². The molecule has 6 heteroatoms. The van der Waals surface area contributed by atoms with Gasteiger partial charge >= 0.3 is 12.1 Å². The van der Waals surface area contributed by atoms with Gasteiger partial charge in [-0.3, -0.25) is 9.69 Å². The molecule has 1 amide bonds. The Hall–Kier alpha value is -1.30. The number of carbonyl (C=O) groups excluding carboxylic acids is 2. The summed E-state index contributed by atoms with van der Waals surface area (Å²) in [7, 11) is 1.37. The van der Waals surface area contributed by atoms with E-state index in [1.165, 1.54) is 7.11 Å². The Kier molecular flexibility index (Phi) is 5.17. The molecule has 0 aromatic rings. The fourth-order valence-corrected chi connectivity index (χ4v) is 2.66. The van der Waals surface area contributed by atoms with Gasteiger partial charge in [-0.15, -0.1) is 0 Å². The van der Waals surface area contributed by atoms with Crippen LogP contribution in [0.2, 0.25) is 0 Å². The van der Waals surface area contributed by atoms with Crippen LogP contribution in [0.4, 0.5) is 4.79 Å². The van der Waals surface area contributed by atoms with E-state index in [0.29, 0.717) is 13.0 Å². The van der Waals surface area contributed by atoms with E-state index < -0.39 is 22.8 Å². The van der Waals surface area contributed by atoms with E-state index in [1.54, 1.807) is 18.7 Å². The molecule has 1 aliphatic heterocycles. The van der Waals surface area contributed by atoms with Crippen molar-refractivity contribution in [2.24, 2.45) is 5.41 Å². The van der Waals surface area contributed by atoms with E-state index >= 15 is 0 Å². The van der Waals surface area contributed by atoms with Gasteiger partial charge in [0.2, 0.25) is 0 Å². The SMILES string of the molecule is COC(=O)C(C)(C)C[C@H]1COC(C)(C)N1C(=O)OC(C)(C)C. The molecular weight excluding hydrogens is 286 g/mol. The molecule has 0 saturated carbocycles. The van der Waals surface area contributed by atoms with Crippen LogP contribution in [-0.2, 0) is 19.0 Å². The number of ether oxygens (including phenoxy) is 3. The summed E-state index contributed by atoms with van der Waals surface area (Å²) in [5.41, 5.74) is -2.05. The summed E-state index contributed by atoms with van der Waals surface area (Å²) in [4.78, 5) is 26.0. The summed E-state index contributed by atoms with van der Waals surface area (Å²) >= 11 is 0. The number of nitrogens with zero attached hydrogens (tertiary/aromatic N) is 1. The van der Waals surface area contributed by atoms with Gasteiger partial charge in [0.1, 0.15) is 11.3 Å². The summed E-state index contributed by atoms with van der Waals surface area (Å²) in [5, 5.41) is 0. The highest BCUT2D eigenvalue weighted by Gasteiger charge is 2.48. The topological polar surface area (TPSA) is 65.1 Å². The highest BCUT2D eigenvalue weighted by molar-refractivity contribution is 5.76. The molecule has 0 aromatic carbocycles. The van der Waals surface area contributed by atoms with Gasteiger partial charge in [-0.05, 0) is 54.9 Å². The first-order valence-electron chi connectivity index (χ1n) is 7.55. The molecule has 0 aromatic heterocycles. The summed E-state index contributed by atoms with van der Waals surface area (Å²) in [6, 6.07) is -0.237. The van der Waals surface area contributed by atoms with Crippen molar-refractivity contribution < 1.29 is 23.8 Å². The van der Waals surface area contributed by atoms with Crippen LogP contribution in [-0.4, -0.2) is 48.0 Å². The van der Waals surface area contributed by atoms with E-state index in [9.17, 15) is 9.59 Å². The maximum atomic E-state index is 12.5. The zero-order chi connectivity index (χ0) is 17.3. The van der Waals surface area contributed by atoms with Crippen LogP contribution >= 0.6 is 0 Å². The standard InChI is InChI=1S/C16H29NO5/c1-14(2,3)22-13(19)17-11(10-21-16(17,6)7)9-15(4,5)12(18)20-8/h11H,9-10H2,1-8H3/t11-/m0/s1. The van der Waals surface area contributed by atoms with Gasteiger partial charge in [-0.25, -0.2) is 4.79 Å². The Balaban J connectivity index is 2.95. The molecule has 0 N–H and O–H groups in total. The Morgan fingerprint density at radius 1 is 1.23 bits per heavy atom. The molecule has 128 valence electrons. The fraction of sp³-hybridized carbons (Fsp3) is 0.875. The zero-order valence-electron chi connectivity index (χ0n) is 15.0. The molecule has 0 spiro atoms. The second-order valence-electron chi connectivity index (χ2n) is 7.84. The number of rotatable bonds is 3. The van der Waals surface area contributed by atoms with E-state index in [1.807, 2.05) is 34.6 Å². The first kappa shape index (κ1) is 18.7. The lowest BCUT2D eigenvalue weighted by Gasteiger charge is -2.37. The molecule has 1 aliphatic rings. The molecule has 0 radical (unpaired) electrons. The number of hydrogen-bond donors (Lipinski definition) is 0. The zero-order valence-corrected chi connectivity index (χ0v) is 15.0. The molecule has 1 atom stereocenters. The van der Waals surface area contributed by atoms with Crippen molar-refractivity contribution in [2.75, 3.05) is 13.7 Å².